The first-order valence-corrected chi connectivity index (χ1v) is 11.6. The number of aryl methyl sites for hydroxylation is 1. The predicted molar refractivity (Wildman–Crippen MR) is 117 cm³/mol. The van der Waals surface area contributed by atoms with Crippen molar-refractivity contribution in [3.05, 3.63) is 79.9 Å². The normalized spacial score (nSPS) is 14.8. The minimum absolute atomic E-state index is 0.0813. The second-order valence-electron chi connectivity index (χ2n) is 7.60. The Bertz CT molecular complexity index is 1300. The van der Waals surface area contributed by atoms with Gasteiger partial charge >= 0.3 is 5.76 Å². The second-order valence-corrected chi connectivity index (χ2v) is 9.72. The molecule has 0 radical (unpaired) electrons. The first kappa shape index (κ1) is 24.1. The molecule has 0 aliphatic heterocycles. The summed E-state index contributed by atoms with van der Waals surface area (Å²) in [4.78, 5) is 11.4. The van der Waals surface area contributed by atoms with Crippen molar-refractivity contribution in [3.63, 3.8) is 0 Å². The van der Waals surface area contributed by atoms with Gasteiger partial charge in [0, 0.05) is 16.5 Å². The number of sulfonamides is 1. The Morgan fingerprint density at radius 2 is 1.91 bits per heavy atom. The van der Waals surface area contributed by atoms with Crippen molar-refractivity contribution in [2.45, 2.75) is 50.7 Å². The van der Waals surface area contributed by atoms with Crippen LogP contribution in [0.25, 0.3) is 0 Å². The van der Waals surface area contributed by atoms with E-state index in [-0.39, 0.29) is 26.9 Å². The van der Waals surface area contributed by atoms with Gasteiger partial charge in [-0.3, -0.25) is 0 Å². The van der Waals surface area contributed by atoms with Crippen LogP contribution in [0.1, 0.15) is 60.1 Å². The van der Waals surface area contributed by atoms with E-state index < -0.39 is 39.7 Å². The molecule has 1 unspecified atom stereocenters. The Labute approximate surface area is 189 Å². The van der Waals surface area contributed by atoms with E-state index in [2.05, 4.69) is 14.9 Å². The number of hydrogen-bond acceptors (Lipinski definition) is 6. The van der Waals surface area contributed by atoms with Crippen LogP contribution >= 0.6 is 11.6 Å². The molecule has 2 aromatic carbocycles. The number of nitrogens with zero attached hydrogens (tertiary/aromatic N) is 1. The van der Waals surface area contributed by atoms with Crippen molar-refractivity contribution in [2.75, 3.05) is 0 Å². The summed E-state index contributed by atoms with van der Waals surface area (Å²) in [5.41, 5.74) is 1.79. The molecular weight excluding hydrogens is 461 g/mol. The number of aromatic nitrogens is 2. The summed E-state index contributed by atoms with van der Waals surface area (Å²) in [6, 6.07) is 5.67. The van der Waals surface area contributed by atoms with E-state index in [0.29, 0.717) is 5.56 Å². The fraction of sp³-hybridized carbons (Fsp3) is 0.333. The predicted octanol–water partition coefficient (Wildman–Crippen LogP) is 3.65. The number of aromatic amines is 1. The molecule has 0 amide bonds. The Hall–Kier alpha value is -2.53. The zero-order valence-corrected chi connectivity index (χ0v) is 19.4. The number of hydrogen-bond donors (Lipinski definition) is 3. The number of halogens is 2. The molecule has 1 heterocycles. The lowest BCUT2D eigenvalue weighted by molar-refractivity contribution is 0.196. The monoisotopic (exact) mass is 483 g/mol. The van der Waals surface area contributed by atoms with Gasteiger partial charge in [0.2, 0.25) is 15.9 Å². The molecule has 0 aliphatic rings. The van der Waals surface area contributed by atoms with Crippen LogP contribution in [0.3, 0.4) is 0 Å². The molecule has 1 aromatic heterocycles. The third kappa shape index (κ3) is 4.78. The van der Waals surface area contributed by atoms with Crippen molar-refractivity contribution in [3.8, 4) is 0 Å². The summed E-state index contributed by atoms with van der Waals surface area (Å²) >= 11 is 5.96. The first-order valence-electron chi connectivity index (χ1n) is 9.73. The minimum atomic E-state index is -4.29. The number of H-pyrrole nitrogens is 1. The average Bonchev–Trinajstić information content (AvgIpc) is 3.15. The molecule has 3 N–H and O–H groups in total. The number of aliphatic hydroxyl groups is 1. The Balaban J connectivity index is 2.13. The molecule has 3 aromatic rings. The lowest BCUT2D eigenvalue weighted by atomic mass is 9.88. The highest BCUT2D eigenvalue weighted by Crippen LogP contribution is 2.36. The summed E-state index contributed by atoms with van der Waals surface area (Å²) in [7, 11) is -4.29. The molecule has 172 valence electrons. The van der Waals surface area contributed by atoms with Gasteiger partial charge in [-0.05, 0) is 61.7 Å². The van der Waals surface area contributed by atoms with Gasteiger partial charge in [0.15, 0.2) is 0 Å². The van der Waals surface area contributed by atoms with E-state index in [9.17, 15) is 22.7 Å². The SMILES string of the molecule is Cc1ccc(F)c([C@@H](C)[C@H](NS(=O)(=O)c2ccc(Cl)cc2C(C)O)c2n[nH]c(=O)o2)c1C. The first-order chi connectivity index (χ1) is 14.9. The highest BCUT2D eigenvalue weighted by Gasteiger charge is 2.34. The Morgan fingerprint density at radius 1 is 1.22 bits per heavy atom. The molecular formula is C21H23ClFN3O5S. The molecule has 0 saturated carbocycles. The third-order valence-electron chi connectivity index (χ3n) is 5.40. The van der Waals surface area contributed by atoms with Crippen LogP contribution in [-0.4, -0.2) is 23.7 Å². The topological polar surface area (TPSA) is 125 Å². The zero-order valence-electron chi connectivity index (χ0n) is 17.8. The van der Waals surface area contributed by atoms with Crippen molar-refractivity contribution in [2.24, 2.45) is 0 Å². The van der Waals surface area contributed by atoms with E-state index in [1.165, 1.54) is 31.2 Å². The second kappa shape index (κ2) is 9.14. The highest BCUT2D eigenvalue weighted by molar-refractivity contribution is 7.89. The Morgan fingerprint density at radius 3 is 2.50 bits per heavy atom. The third-order valence-corrected chi connectivity index (χ3v) is 7.15. The number of benzene rings is 2. The summed E-state index contributed by atoms with van der Waals surface area (Å²) in [6.07, 6.45) is -1.13. The van der Waals surface area contributed by atoms with Gasteiger partial charge in [0.1, 0.15) is 11.9 Å². The lowest BCUT2D eigenvalue weighted by Gasteiger charge is -2.25. The number of nitrogens with one attached hydrogen (secondary N) is 2. The van der Waals surface area contributed by atoms with Gasteiger partial charge < -0.3 is 9.52 Å². The smallest absolute Gasteiger partial charge is 0.391 e. The lowest BCUT2D eigenvalue weighted by Crippen LogP contribution is -2.33. The molecule has 0 bridgehead atoms. The van der Waals surface area contributed by atoms with Gasteiger partial charge in [-0.2, -0.15) is 4.72 Å². The fourth-order valence-corrected chi connectivity index (χ4v) is 5.33. The molecule has 0 spiro atoms. The van der Waals surface area contributed by atoms with Gasteiger partial charge in [-0.1, -0.05) is 24.6 Å². The van der Waals surface area contributed by atoms with Gasteiger partial charge in [0.05, 0.1) is 11.0 Å². The van der Waals surface area contributed by atoms with Crippen LogP contribution in [0.2, 0.25) is 5.02 Å². The van der Waals surface area contributed by atoms with E-state index >= 15 is 0 Å². The van der Waals surface area contributed by atoms with E-state index in [0.717, 1.165) is 5.56 Å². The molecule has 0 fully saturated rings. The van der Waals surface area contributed by atoms with Crippen LogP contribution < -0.4 is 10.5 Å². The largest absolute Gasteiger partial charge is 0.434 e. The molecule has 32 heavy (non-hydrogen) atoms. The molecule has 11 heteroatoms. The van der Waals surface area contributed by atoms with Crippen LogP contribution in [0.4, 0.5) is 4.39 Å². The van der Waals surface area contributed by atoms with Crippen LogP contribution in [0.15, 0.2) is 44.4 Å². The average molecular weight is 484 g/mol. The van der Waals surface area contributed by atoms with Crippen molar-refractivity contribution >= 4 is 21.6 Å². The molecule has 3 atom stereocenters. The fourth-order valence-electron chi connectivity index (χ4n) is 3.59. The van der Waals surface area contributed by atoms with Crippen LogP contribution in [-0.2, 0) is 10.0 Å². The van der Waals surface area contributed by atoms with E-state index in [1.54, 1.807) is 19.9 Å². The van der Waals surface area contributed by atoms with E-state index in [4.69, 9.17) is 16.0 Å². The van der Waals surface area contributed by atoms with Gasteiger partial charge in [-0.25, -0.2) is 22.7 Å². The molecule has 3 rings (SSSR count). The van der Waals surface area contributed by atoms with Crippen molar-refractivity contribution < 1.29 is 22.3 Å². The summed E-state index contributed by atoms with van der Waals surface area (Å²) in [6.45, 7) is 6.54. The minimum Gasteiger partial charge on any atom is -0.391 e. The van der Waals surface area contributed by atoms with Crippen molar-refractivity contribution in [1.82, 2.24) is 14.9 Å². The highest BCUT2D eigenvalue weighted by atomic mass is 35.5. The van der Waals surface area contributed by atoms with Gasteiger partial charge in [0.25, 0.3) is 0 Å². The molecule has 0 saturated heterocycles. The maximum absolute atomic E-state index is 14.8. The number of rotatable bonds is 7. The van der Waals surface area contributed by atoms with Crippen LogP contribution in [0, 0.1) is 19.7 Å². The van der Waals surface area contributed by atoms with Crippen LogP contribution in [0.5, 0.6) is 0 Å². The summed E-state index contributed by atoms with van der Waals surface area (Å²) in [5.74, 6) is -2.47. The Kier molecular flexibility index (Phi) is 6.89. The zero-order chi connectivity index (χ0) is 23.8. The quantitative estimate of drug-likeness (QED) is 0.471. The van der Waals surface area contributed by atoms with E-state index in [1.807, 2.05) is 6.92 Å². The van der Waals surface area contributed by atoms with Gasteiger partial charge in [-0.15, -0.1) is 5.10 Å². The maximum Gasteiger partial charge on any atom is 0.434 e. The molecule has 8 nitrogen and oxygen atoms in total. The number of aliphatic hydroxyl groups excluding tert-OH is 1. The summed E-state index contributed by atoms with van der Waals surface area (Å²) in [5, 5.41) is 16.2. The molecule has 0 aliphatic carbocycles. The standard InChI is InChI=1S/C21H23ClFN3O5S/c1-10-5-7-16(23)18(11(10)2)12(3)19(20-24-25-21(28)31-20)26-32(29,30)17-8-6-14(22)9-15(17)13(4)27/h5-9,12-13,19,26-27H,1-4H3,(H,25,28)/t12-,13?,19+/m1/s1. The maximum atomic E-state index is 14.8. The summed E-state index contributed by atoms with van der Waals surface area (Å²) < 4.78 is 48.9. The van der Waals surface area contributed by atoms with Crippen molar-refractivity contribution in [1.29, 1.82) is 0 Å².